The predicted octanol–water partition coefficient (Wildman–Crippen LogP) is 6.66. The van der Waals surface area contributed by atoms with Gasteiger partial charge in [-0.25, -0.2) is 0 Å². The molecule has 0 saturated heterocycles. The van der Waals surface area contributed by atoms with Crippen molar-refractivity contribution in [2.24, 2.45) is 0 Å². The maximum absolute atomic E-state index is 4.12. The summed E-state index contributed by atoms with van der Waals surface area (Å²) in [6.07, 6.45) is 7.78. The van der Waals surface area contributed by atoms with Crippen LogP contribution in [-0.4, -0.2) is 26.7 Å². The molecule has 0 radical (unpaired) electrons. The molecule has 2 aromatic rings. The topological polar surface area (TPSA) is 0 Å². The van der Waals surface area contributed by atoms with Gasteiger partial charge in [-0.05, 0) is 70.6 Å². The Morgan fingerprint density at radius 1 is 0.577 bits per heavy atom. The molecule has 2 heteroatoms. The maximum Gasteiger partial charge on any atom is -0.00161 e. The van der Waals surface area contributed by atoms with Crippen molar-refractivity contribution in [3.63, 3.8) is 0 Å². The molecule has 0 heterocycles. The molecule has 0 nitrogen and oxygen atoms in total. The van der Waals surface area contributed by atoms with Crippen LogP contribution in [0, 0.1) is 0 Å². The summed E-state index contributed by atoms with van der Waals surface area (Å²) in [4.78, 5) is 0. The summed E-state index contributed by atoms with van der Waals surface area (Å²) in [6.45, 7) is 25.5. The van der Waals surface area contributed by atoms with Crippen molar-refractivity contribution in [3.05, 3.63) is 72.8 Å². The van der Waals surface area contributed by atoms with E-state index in [1.54, 1.807) is 0 Å². The first kappa shape index (κ1) is 20.6. The van der Waals surface area contributed by atoms with Crippen LogP contribution in [0.1, 0.15) is 22.3 Å². The average Bonchev–Trinajstić information content (AvgIpc) is 2.64. The quantitative estimate of drug-likeness (QED) is 0.473. The van der Waals surface area contributed by atoms with Crippen LogP contribution < -0.4 is 10.6 Å². The lowest BCUT2D eigenvalue weighted by Crippen LogP contribution is -2.15. The van der Waals surface area contributed by atoms with Gasteiger partial charge in [0.15, 0.2) is 0 Å². The van der Waals surface area contributed by atoms with Crippen LogP contribution in [0.3, 0.4) is 0 Å². The van der Waals surface area contributed by atoms with Gasteiger partial charge in [-0.15, -0.1) is 0 Å². The third-order valence-electron chi connectivity index (χ3n) is 4.58. The van der Waals surface area contributed by atoms with Gasteiger partial charge in [-0.3, -0.25) is 0 Å². The lowest BCUT2D eigenvalue weighted by molar-refractivity contribution is 1.58. The number of benzene rings is 2. The highest BCUT2D eigenvalue weighted by atomic mass is 31.1. The largest absolute Gasteiger partial charge is 0.0984 e. The Morgan fingerprint density at radius 3 is 1.15 bits per heavy atom. The third-order valence-corrected chi connectivity index (χ3v) is 7.25. The summed E-state index contributed by atoms with van der Waals surface area (Å²) >= 11 is 0. The molecule has 0 spiro atoms. The van der Waals surface area contributed by atoms with Crippen LogP contribution in [0.15, 0.2) is 50.6 Å². The van der Waals surface area contributed by atoms with Crippen molar-refractivity contribution in [1.29, 1.82) is 0 Å². The molecule has 134 valence electrons. The second kappa shape index (κ2) is 8.77. The van der Waals surface area contributed by atoms with E-state index >= 15 is 0 Å². The fraction of sp³-hybridized carbons (Fsp3) is 0.167. The molecule has 0 fully saturated rings. The molecule has 0 bridgehead atoms. The van der Waals surface area contributed by atoms with E-state index in [2.05, 4.69) is 77.2 Å². The van der Waals surface area contributed by atoms with Gasteiger partial charge in [0, 0.05) is 0 Å². The Morgan fingerprint density at radius 2 is 0.923 bits per heavy atom. The number of hydrogen-bond acceptors (Lipinski definition) is 0. The van der Waals surface area contributed by atoms with Crippen LogP contribution in [0.5, 0.6) is 0 Å². The van der Waals surface area contributed by atoms with Crippen LogP contribution >= 0.6 is 15.8 Å². The van der Waals surface area contributed by atoms with Gasteiger partial charge in [0.25, 0.3) is 0 Å². The maximum atomic E-state index is 4.12. The van der Waals surface area contributed by atoms with Gasteiger partial charge in [0.05, 0.1) is 0 Å². The minimum atomic E-state index is -0.277. The zero-order valence-electron chi connectivity index (χ0n) is 16.3. The van der Waals surface area contributed by atoms with E-state index in [0.717, 1.165) is 22.3 Å². The summed E-state index contributed by atoms with van der Waals surface area (Å²) in [5.41, 5.74) is 7.15. The molecule has 26 heavy (non-hydrogen) atoms. The SMILES string of the molecule is C=Cc1ccc(P(C)C)c(-c2c(P(C)C)ccc(C=C)c2C=C)c1C=C. The molecule has 0 aromatic heterocycles. The number of rotatable bonds is 7. The van der Waals surface area contributed by atoms with E-state index in [9.17, 15) is 0 Å². The van der Waals surface area contributed by atoms with E-state index in [0.29, 0.717) is 0 Å². The second-order valence-corrected chi connectivity index (χ2v) is 11.1. The highest BCUT2D eigenvalue weighted by Crippen LogP contribution is 2.41. The monoisotopic (exact) mass is 378 g/mol. The molecule has 0 amide bonds. The van der Waals surface area contributed by atoms with Gasteiger partial charge < -0.3 is 0 Å². The van der Waals surface area contributed by atoms with E-state index in [1.165, 1.54) is 21.7 Å². The van der Waals surface area contributed by atoms with E-state index in [-0.39, 0.29) is 15.8 Å². The van der Waals surface area contributed by atoms with Crippen molar-refractivity contribution >= 4 is 50.8 Å². The summed E-state index contributed by atoms with van der Waals surface area (Å²) in [6, 6.07) is 8.85. The first-order valence-electron chi connectivity index (χ1n) is 8.60. The summed E-state index contributed by atoms with van der Waals surface area (Å²) in [5, 5.41) is 2.78. The first-order valence-corrected chi connectivity index (χ1v) is 13.1. The van der Waals surface area contributed by atoms with E-state index in [1.807, 2.05) is 24.3 Å². The molecule has 0 unspecified atom stereocenters. The average molecular weight is 378 g/mol. The van der Waals surface area contributed by atoms with Crippen molar-refractivity contribution in [2.75, 3.05) is 26.7 Å². The zero-order valence-corrected chi connectivity index (χ0v) is 18.1. The molecular weight excluding hydrogens is 350 g/mol. The third kappa shape index (κ3) is 3.68. The van der Waals surface area contributed by atoms with Gasteiger partial charge in [0.1, 0.15) is 0 Å². The molecular formula is C24H28P2. The molecule has 0 N–H and O–H groups in total. The normalized spacial score (nSPS) is 10.8. The van der Waals surface area contributed by atoms with Gasteiger partial charge >= 0.3 is 0 Å². The summed E-state index contributed by atoms with van der Waals surface area (Å²) in [7, 11) is -0.555. The van der Waals surface area contributed by atoms with Gasteiger partial charge in [-0.2, -0.15) is 0 Å². The minimum Gasteiger partial charge on any atom is -0.0984 e. The van der Waals surface area contributed by atoms with Crippen LogP contribution in [-0.2, 0) is 0 Å². The van der Waals surface area contributed by atoms with Crippen LogP contribution in [0.25, 0.3) is 35.4 Å². The van der Waals surface area contributed by atoms with Crippen LogP contribution in [0.4, 0.5) is 0 Å². The highest BCUT2D eigenvalue weighted by Gasteiger charge is 2.21. The Labute approximate surface area is 161 Å². The number of hydrogen-bond donors (Lipinski definition) is 0. The lowest BCUT2D eigenvalue weighted by Gasteiger charge is -2.25. The Balaban J connectivity index is 3.13. The predicted molar refractivity (Wildman–Crippen MR) is 129 cm³/mol. The van der Waals surface area contributed by atoms with Crippen molar-refractivity contribution < 1.29 is 0 Å². The highest BCUT2D eigenvalue weighted by molar-refractivity contribution is 7.65. The molecule has 0 saturated carbocycles. The molecule has 0 atom stereocenters. The second-order valence-electron chi connectivity index (χ2n) is 6.53. The summed E-state index contributed by atoms with van der Waals surface area (Å²) in [5.74, 6) is 0. The summed E-state index contributed by atoms with van der Waals surface area (Å²) < 4.78 is 0. The first-order chi connectivity index (χ1) is 12.4. The van der Waals surface area contributed by atoms with Gasteiger partial charge in [0.2, 0.25) is 0 Å². The Bertz CT molecular complexity index is 797. The molecule has 0 aliphatic rings. The zero-order chi connectivity index (χ0) is 19.4. The molecule has 2 rings (SSSR count). The van der Waals surface area contributed by atoms with E-state index < -0.39 is 0 Å². The Hall–Kier alpha value is -1.74. The van der Waals surface area contributed by atoms with E-state index in [4.69, 9.17) is 0 Å². The molecule has 0 aliphatic carbocycles. The smallest absolute Gasteiger partial charge is 0.00161 e. The standard InChI is InChI=1S/C24H28P2/c1-9-17-13-15-21(25(5)6)23(19(17)11-3)24-20(12-4)18(10-2)14-16-22(24)26(7)8/h9-16H,1-4H2,5-8H3. The van der Waals surface area contributed by atoms with Gasteiger partial charge in [-0.1, -0.05) is 90.7 Å². The Kier molecular flexibility index (Phi) is 6.94. The minimum absolute atomic E-state index is 0.277. The van der Waals surface area contributed by atoms with Crippen molar-refractivity contribution in [3.8, 4) is 11.1 Å². The fourth-order valence-corrected chi connectivity index (χ4v) is 5.42. The molecule has 0 aliphatic heterocycles. The molecule has 2 aromatic carbocycles. The lowest BCUT2D eigenvalue weighted by atomic mass is 9.89. The fourth-order valence-electron chi connectivity index (χ4n) is 3.31. The van der Waals surface area contributed by atoms with Crippen molar-refractivity contribution in [2.45, 2.75) is 0 Å². The van der Waals surface area contributed by atoms with Crippen molar-refractivity contribution in [1.82, 2.24) is 0 Å². The van der Waals surface area contributed by atoms with Crippen LogP contribution in [0.2, 0.25) is 0 Å².